The predicted molar refractivity (Wildman–Crippen MR) is 122 cm³/mol. The molecule has 1 unspecified atom stereocenters. The molecule has 2 aromatic carbocycles. The molecule has 0 saturated heterocycles. The standard InChI is InChI=1S/C23H33N3O5/c1-16(31-19-10-8-7-9-18(19)27-3)15-26-23(24-2)25-14-13-17-11-12-20(28-4)22(30-6)21(17)29-5/h7-12,16H,13-15H2,1-6H3,(H2,24,25,26). The molecular weight excluding hydrogens is 398 g/mol. The Morgan fingerprint density at radius 2 is 1.52 bits per heavy atom. The van der Waals surface area contributed by atoms with E-state index >= 15 is 0 Å². The van der Waals surface area contributed by atoms with Crippen LogP contribution in [0.1, 0.15) is 12.5 Å². The third kappa shape index (κ3) is 6.60. The minimum absolute atomic E-state index is 0.0826. The highest BCUT2D eigenvalue weighted by Gasteiger charge is 2.15. The molecular formula is C23H33N3O5. The summed E-state index contributed by atoms with van der Waals surface area (Å²) in [4.78, 5) is 4.27. The van der Waals surface area contributed by atoms with Gasteiger partial charge in [-0.1, -0.05) is 18.2 Å². The quantitative estimate of drug-likeness (QED) is 0.418. The molecule has 0 aliphatic rings. The van der Waals surface area contributed by atoms with Gasteiger partial charge in [-0.15, -0.1) is 0 Å². The van der Waals surface area contributed by atoms with E-state index in [1.807, 2.05) is 43.3 Å². The zero-order valence-corrected chi connectivity index (χ0v) is 19.2. The van der Waals surface area contributed by atoms with Gasteiger partial charge in [0.15, 0.2) is 29.0 Å². The van der Waals surface area contributed by atoms with Crippen LogP contribution in [0.15, 0.2) is 41.4 Å². The first-order valence-corrected chi connectivity index (χ1v) is 10.1. The lowest BCUT2D eigenvalue weighted by atomic mass is 10.1. The number of nitrogens with one attached hydrogen (secondary N) is 2. The first-order valence-electron chi connectivity index (χ1n) is 10.1. The molecule has 0 aliphatic heterocycles. The number of para-hydroxylation sites is 2. The van der Waals surface area contributed by atoms with Crippen LogP contribution in [0.3, 0.4) is 0 Å². The van der Waals surface area contributed by atoms with Crippen molar-refractivity contribution in [3.8, 4) is 28.7 Å². The molecule has 31 heavy (non-hydrogen) atoms. The third-order valence-electron chi connectivity index (χ3n) is 4.65. The summed E-state index contributed by atoms with van der Waals surface area (Å²) in [5.74, 6) is 4.01. The summed E-state index contributed by atoms with van der Waals surface area (Å²) in [7, 11) is 8.19. The van der Waals surface area contributed by atoms with Crippen molar-refractivity contribution in [2.45, 2.75) is 19.4 Å². The maximum Gasteiger partial charge on any atom is 0.203 e. The molecule has 8 nitrogen and oxygen atoms in total. The molecule has 170 valence electrons. The molecule has 0 fully saturated rings. The van der Waals surface area contributed by atoms with Crippen LogP contribution < -0.4 is 34.3 Å². The van der Waals surface area contributed by atoms with Gasteiger partial charge in [0.25, 0.3) is 0 Å². The molecule has 0 amide bonds. The number of benzene rings is 2. The zero-order valence-electron chi connectivity index (χ0n) is 19.2. The number of guanidine groups is 1. The fourth-order valence-corrected chi connectivity index (χ4v) is 3.11. The van der Waals surface area contributed by atoms with Gasteiger partial charge in [0.05, 0.1) is 35.0 Å². The summed E-state index contributed by atoms with van der Waals surface area (Å²) in [5, 5.41) is 6.59. The molecule has 2 rings (SSSR count). The fraction of sp³-hybridized carbons (Fsp3) is 0.435. The van der Waals surface area contributed by atoms with Crippen molar-refractivity contribution >= 4 is 5.96 Å². The third-order valence-corrected chi connectivity index (χ3v) is 4.65. The molecule has 0 spiro atoms. The normalized spacial score (nSPS) is 12.0. The van der Waals surface area contributed by atoms with Crippen molar-refractivity contribution in [1.82, 2.24) is 10.6 Å². The number of methoxy groups -OCH3 is 4. The van der Waals surface area contributed by atoms with Gasteiger partial charge in [0.2, 0.25) is 5.75 Å². The number of hydrogen-bond donors (Lipinski definition) is 2. The second-order valence-electron chi connectivity index (χ2n) is 6.70. The van der Waals surface area contributed by atoms with E-state index in [0.29, 0.717) is 47.8 Å². The van der Waals surface area contributed by atoms with Crippen molar-refractivity contribution in [1.29, 1.82) is 0 Å². The van der Waals surface area contributed by atoms with E-state index in [2.05, 4.69) is 15.6 Å². The van der Waals surface area contributed by atoms with Crippen LogP contribution in [0.5, 0.6) is 28.7 Å². The summed E-state index contributed by atoms with van der Waals surface area (Å²) in [6.45, 7) is 3.23. The summed E-state index contributed by atoms with van der Waals surface area (Å²) < 4.78 is 27.6. The lowest BCUT2D eigenvalue weighted by molar-refractivity contribution is 0.213. The largest absolute Gasteiger partial charge is 0.493 e. The average Bonchev–Trinajstić information content (AvgIpc) is 2.80. The lowest BCUT2D eigenvalue weighted by Crippen LogP contribution is -2.42. The Bertz CT molecular complexity index is 857. The van der Waals surface area contributed by atoms with Crippen LogP contribution in [0, 0.1) is 0 Å². The van der Waals surface area contributed by atoms with Gasteiger partial charge in [0, 0.05) is 19.2 Å². The number of aliphatic imine (C=N–C) groups is 1. The van der Waals surface area contributed by atoms with Gasteiger partial charge in [-0.25, -0.2) is 0 Å². The maximum absolute atomic E-state index is 5.97. The summed E-state index contributed by atoms with van der Waals surface area (Å²) in [6, 6.07) is 11.4. The van der Waals surface area contributed by atoms with Crippen LogP contribution >= 0.6 is 0 Å². The van der Waals surface area contributed by atoms with E-state index in [0.717, 1.165) is 12.0 Å². The minimum atomic E-state index is -0.0826. The molecule has 0 bridgehead atoms. The van der Waals surface area contributed by atoms with Gasteiger partial charge in [-0.05, 0) is 31.5 Å². The average molecular weight is 432 g/mol. The maximum atomic E-state index is 5.97. The fourth-order valence-electron chi connectivity index (χ4n) is 3.11. The molecule has 0 saturated carbocycles. The van der Waals surface area contributed by atoms with E-state index in [-0.39, 0.29) is 6.10 Å². The van der Waals surface area contributed by atoms with Crippen molar-refractivity contribution in [2.24, 2.45) is 4.99 Å². The summed E-state index contributed by atoms with van der Waals surface area (Å²) in [5.41, 5.74) is 1.01. The molecule has 2 N–H and O–H groups in total. The second-order valence-corrected chi connectivity index (χ2v) is 6.70. The summed E-state index contributed by atoms with van der Waals surface area (Å²) >= 11 is 0. The highest BCUT2D eigenvalue weighted by Crippen LogP contribution is 2.39. The number of ether oxygens (including phenoxy) is 5. The van der Waals surface area contributed by atoms with Crippen LogP contribution in [0.25, 0.3) is 0 Å². The zero-order chi connectivity index (χ0) is 22.6. The number of nitrogens with zero attached hydrogens (tertiary/aromatic N) is 1. The molecule has 0 radical (unpaired) electrons. The molecule has 0 heterocycles. The van der Waals surface area contributed by atoms with E-state index in [1.54, 1.807) is 35.5 Å². The Hall–Kier alpha value is -3.29. The SMILES string of the molecule is CN=C(NCCc1ccc(OC)c(OC)c1OC)NCC(C)Oc1ccccc1OC. The Labute approximate surface area is 184 Å². The van der Waals surface area contributed by atoms with E-state index < -0.39 is 0 Å². The summed E-state index contributed by atoms with van der Waals surface area (Å²) in [6.07, 6.45) is 0.637. The second kappa shape index (κ2) is 12.4. The van der Waals surface area contributed by atoms with Gasteiger partial charge in [-0.2, -0.15) is 0 Å². The van der Waals surface area contributed by atoms with E-state index in [9.17, 15) is 0 Å². The smallest absolute Gasteiger partial charge is 0.203 e. The highest BCUT2D eigenvalue weighted by molar-refractivity contribution is 5.79. The number of hydrogen-bond acceptors (Lipinski definition) is 6. The molecule has 0 aliphatic carbocycles. The number of rotatable bonds is 11. The topological polar surface area (TPSA) is 82.6 Å². The molecule has 0 aromatic heterocycles. The Morgan fingerprint density at radius 3 is 2.13 bits per heavy atom. The van der Waals surface area contributed by atoms with Crippen LogP contribution in [-0.2, 0) is 6.42 Å². The first kappa shape index (κ1) is 24.0. The van der Waals surface area contributed by atoms with Crippen molar-refractivity contribution in [3.63, 3.8) is 0 Å². The van der Waals surface area contributed by atoms with Crippen molar-refractivity contribution < 1.29 is 23.7 Å². The molecule has 1 atom stereocenters. The highest BCUT2D eigenvalue weighted by atomic mass is 16.5. The van der Waals surface area contributed by atoms with Gasteiger partial charge >= 0.3 is 0 Å². The van der Waals surface area contributed by atoms with Gasteiger partial charge in [-0.3, -0.25) is 4.99 Å². The van der Waals surface area contributed by atoms with Crippen LogP contribution in [-0.4, -0.2) is 60.6 Å². The van der Waals surface area contributed by atoms with Gasteiger partial charge < -0.3 is 34.3 Å². The lowest BCUT2D eigenvalue weighted by Gasteiger charge is -2.19. The van der Waals surface area contributed by atoms with Crippen LogP contribution in [0.2, 0.25) is 0 Å². The predicted octanol–water partition coefficient (Wildman–Crippen LogP) is 2.90. The van der Waals surface area contributed by atoms with Gasteiger partial charge in [0.1, 0.15) is 6.10 Å². The minimum Gasteiger partial charge on any atom is -0.493 e. The first-order chi connectivity index (χ1) is 15.1. The Kier molecular flexibility index (Phi) is 9.61. The Morgan fingerprint density at radius 1 is 0.839 bits per heavy atom. The van der Waals surface area contributed by atoms with Crippen molar-refractivity contribution in [3.05, 3.63) is 42.0 Å². The van der Waals surface area contributed by atoms with E-state index in [1.165, 1.54) is 0 Å². The monoisotopic (exact) mass is 431 g/mol. The van der Waals surface area contributed by atoms with E-state index in [4.69, 9.17) is 23.7 Å². The Balaban J connectivity index is 1.88. The van der Waals surface area contributed by atoms with Crippen LogP contribution in [0.4, 0.5) is 0 Å². The van der Waals surface area contributed by atoms with Crippen molar-refractivity contribution in [2.75, 3.05) is 48.6 Å². The molecule has 2 aromatic rings. The molecule has 8 heteroatoms.